The average Bonchev–Trinajstić information content (AvgIpc) is 2.30. The van der Waals surface area contributed by atoms with E-state index in [0.29, 0.717) is 5.69 Å². The number of rotatable bonds is 4. The van der Waals surface area contributed by atoms with E-state index in [1.165, 1.54) is 26.0 Å². The predicted octanol–water partition coefficient (Wildman–Crippen LogP) is -2.04. The van der Waals surface area contributed by atoms with E-state index in [2.05, 4.69) is 10.6 Å². The first-order valence-electron chi connectivity index (χ1n) is 5.32. The van der Waals surface area contributed by atoms with Crippen LogP contribution in [0, 0.1) is 0 Å². The molecule has 0 aliphatic heterocycles. The number of carbonyl (C=O) groups is 2. The summed E-state index contributed by atoms with van der Waals surface area (Å²) >= 11 is -2.41. The molecule has 2 atom stereocenters. The quantitative estimate of drug-likeness (QED) is 0.492. The van der Waals surface area contributed by atoms with E-state index >= 15 is 0 Å². The second-order valence-electron chi connectivity index (χ2n) is 3.64. The van der Waals surface area contributed by atoms with Gasteiger partial charge in [-0.15, -0.1) is 0 Å². The number of carbonyl (C=O) groups excluding carboxylic acids is 2. The Morgan fingerprint density at radius 1 is 1.30 bits per heavy atom. The van der Waals surface area contributed by atoms with Gasteiger partial charge in [-0.2, -0.15) is 0 Å². The van der Waals surface area contributed by atoms with Crippen molar-refractivity contribution in [2.75, 3.05) is 5.32 Å². The zero-order chi connectivity index (χ0) is 14.4. The summed E-state index contributed by atoms with van der Waals surface area (Å²) < 4.78 is 25.9. The first-order chi connectivity index (χ1) is 8.88. The normalized spacial score (nSPS) is 12.6. The Bertz CT molecular complexity index is 494. The third-order valence-corrected chi connectivity index (χ3v) is 2.69. The van der Waals surface area contributed by atoms with Crippen LogP contribution in [0.15, 0.2) is 24.3 Å². The number of amides is 2. The Hall–Kier alpha value is -0.930. The molecule has 20 heavy (non-hydrogen) atoms. The molecule has 0 heterocycles. The van der Waals surface area contributed by atoms with Gasteiger partial charge in [0.2, 0.25) is 5.91 Å². The maximum absolute atomic E-state index is 11.3. The van der Waals surface area contributed by atoms with Crippen LogP contribution in [0.5, 0.6) is 5.75 Å². The zero-order valence-corrected chi connectivity index (χ0v) is 14.2. The Labute approximate surface area is 141 Å². The smallest absolute Gasteiger partial charge is 0.771 e. The summed E-state index contributed by atoms with van der Waals surface area (Å²) in [6.07, 6.45) is -0.871. The largest absolute Gasteiger partial charge is 1.00 e. The molecule has 1 aromatic carbocycles. The summed E-state index contributed by atoms with van der Waals surface area (Å²) in [5, 5.41) is 3.65. The molecule has 0 aliphatic rings. The predicted molar refractivity (Wildman–Crippen MR) is 68.3 cm³/mol. The average molecular weight is 308 g/mol. The molecule has 2 amide bonds. The van der Waals surface area contributed by atoms with Gasteiger partial charge in [-0.25, -0.2) is 4.79 Å². The van der Waals surface area contributed by atoms with E-state index in [1.54, 1.807) is 12.1 Å². The Kier molecular flexibility index (Phi) is 8.67. The number of hydrogen-bond acceptors (Lipinski definition) is 5. The van der Waals surface area contributed by atoms with Crippen LogP contribution in [0.3, 0.4) is 0 Å². The van der Waals surface area contributed by atoms with Crippen LogP contribution in [-0.2, 0) is 15.9 Å². The first-order valence-corrected chi connectivity index (χ1v) is 6.46. The molecule has 0 aliphatic carbocycles. The third-order valence-electron chi connectivity index (χ3n) is 2.00. The number of benzene rings is 1. The summed E-state index contributed by atoms with van der Waals surface area (Å²) in [5.41, 5.74) is 0.564. The van der Waals surface area contributed by atoms with E-state index in [-0.39, 0.29) is 41.2 Å². The van der Waals surface area contributed by atoms with E-state index in [9.17, 15) is 18.4 Å². The van der Waals surface area contributed by atoms with E-state index in [0.717, 1.165) is 0 Å². The SMILES string of the molecule is CC(=O)Nc1ccc(OC(=O)NC(C)S(=O)[O-])cc1.[Na+]. The topological polar surface area (TPSA) is 108 Å². The van der Waals surface area contributed by atoms with Crippen molar-refractivity contribution in [3.63, 3.8) is 0 Å². The van der Waals surface area contributed by atoms with Gasteiger partial charge in [0.1, 0.15) is 5.75 Å². The van der Waals surface area contributed by atoms with E-state index in [1.807, 2.05) is 0 Å². The molecule has 7 nitrogen and oxygen atoms in total. The van der Waals surface area contributed by atoms with Crippen molar-refractivity contribution in [2.24, 2.45) is 0 Å². The van der Waals surface area contributed by atoms with Crippen molar-refractivity contribution in [2.45, 2.75) is 19.2 Å². The van der Waals surface area contributed by atoms with Gasteiger partial charge >= 0.3 is 35.7 Å². The summed E-state index contributed by atoms with van der Waals surface area (Å²) in [6, 6.07) is 6.06. The van der Waals surface area contributed by atoms with E-state index < -0.39 is 22.5 Å². The minimum absolute atomic E-state index is 0. The number of nitrogens with one attached hydrogen (secondary N) is 2. The Morgan fingerprint density at radius 2 is 1.85 bits per heavy atom. The van der Waals surface area contributed by atoms with Gasteiger partial charge in [0.05, 0.1) is 5.37 Å². The molecule has 0 radical (unpaired) electrons. The summed E-state index contributed by atoms with van der Waals surface area (Å²) in [5.74, 6) is 0.0219. The van der Waals surface area contributed by atoms with Gasteiger partial charge in [0.25, 0.3) is 0 Å². The summed E-state index contributed by atoms with van der Waals surface area (Å²) in [4.78, 5) is 22.1. The Balaban J connectivity index is 0.00000361. The van der Waals surface area contributed by atoms with Crippen molar-refractivity contribution >= 4 is 28.8 Å². The van der Waals surface area contributed by atoms with Crippen molar-refractivity contribution in [1.29, 1.82) is 0 Å². The maximum atomic E-state index is 11.3. The number of anilines is 1. The minimum atomic E-state index is -2.41. The van der Waals surface area contributed by atoms with Gasteiger partial charge in [0.15, 0.2) is 0 Å². The van der Waals surface area contributed by atoms with Crippen LogP contribution >= 0.6 is 0 Å². The van der Waals surface area contributed by atoms with Crippen molar-refractivity contribution in [3.8, 4) is 5.75 Å². The first kappa shape index (κ1) is 19.1. The molecule has 0 saturated heterocycles. The summed E-state index contributed by atoms with van der Waals surface area (Å²) in [6.45, 7) is 2.69. The molecule has 0 bridgehead atoms. The second kappa shape index (κ2) is 9.09. The molecule has 0 saturated carbocycles. The van der Waals surface area contributed by atoms with Crippen LogP contribution in [-0.4, -0.2) is 26.1 Å². The molecule has 104 valence electrons. The van der Waals surface area contributed by atoms with Gasteiger partial charge in [-0.3, -0.25) is 9.00 Å². The fourth-order valence-corrected chi connectivity index (χ4v) is 1.35. The molecular formula is C11H13N2NaO5S. The molecule has 9 heteroatoms. The standard InChI is InChI=1S/C11H14N2O5S.Na/c1-7(14)12-9-3-5-10(6-4-9)18-11(15)13-8(2)19(16)17;/h3-6,8H,1-2H3,(H,12,14)(H,13,15)(H,16,17);/q;+1/p-1. The van der Waals surface area contributed by atoms with Crippen LogP contribution in [0.4, 0.5) is 10.5 Å². The van der Waals surface area contributed by atoms with E-state index in [4.69, 9.17) is 4.74 Å². The molecule has 0 fully saturated rings. The maximum Gasteiger partial charge on any atom is 1.00 e. The van der Waals surface area contributed by atoms with Gasteiger partial charge in [-0.1, -0.05) is 0 Å². The van der Waals surface area contributed by atoms with Crippen LogP contribution < -0.4 is 44.9 Å². The molecule has 2 unspecified atom stereocenters. The molecule has 1 rings (SSSR count). The monoisotopic (exact) mass is 308 g/mol. The van der Waals surface area contributed by atoms with Gasteiger partial charge < -0.3 is 19.9 Å². The zero-order valence-electron chi connectivity index (χ0n) is 11.3. The number of ether oxygens (including phenoxy) is 1. The fraction of sp³-hybridized carbons (Fsp3) is 0.273. The summed E-state index contributed by atoms with van der Waals surface area (Å²) in [7, 11) is 0. The molecule has 1 aromatic rings. The van der Waals surface area contributed by atoms with Crippen molar-refractivity contribution in [3.05, 3.63) is 24.3 Å². The molecule has 0 spiro atoms. The number of hydrogen-bond donors (Lipinski definition) is 2. The fourth-order valence-electron chi connectivity index (χ4n) is 1.16. The molecular weight excluding hydrogens is 295 g/mol. The van der Waals surface area contributed by atoms with Crippen LogP contribution in [0.2, 0.25) is 0 Å². The molecule has 2 N–H and O–H groups in total. The van der Waals surface area contributed by atoms with Gasteiger partial charge in [0, 0.05) is 12.6 Å². The third kappa shape index (κ3) is 7.01. The minimum Gasteiger partial charge on any atom is -0.771 e. The van der Waals surface area contributed by atoms with Crippen molar-refractivity contribution < 1.29 is 52.6 Å². The molecule has 0 aromatic heterocycles. The van der Waals surface area contributed by atoms with Crippen molar-refractivity contribution in [1.82, 2.24) is 5.32 Å². The van der Waals surface area contributed by atoms with Crippen LogP contribution in [0.1, 0.15) is 13.8 Å². The van der Waals surface area contributed by atoms with Gasteiger partial charge in [-0.05, 0) is 42.3 Å². The Morgan fingerprint density at radius 3 is 2.30 bits per heavy atom. The van der Waals surface area contributed by atoms with Crippen LogP contribution in [0.25, 0.3) is 0 Å². The second-order valence-corrected chi connectivity index (χ2v) is 4.87.